The van der Waals surface area contributed by atoms with Crippen molar-refractivity contribution in [2.45, 2.75) is 0 Å². The smallest absolute Gasteiger partial charge is 0.0105 e. The fourth-order valence-electron chi connectivity index (χ4n) is 2.22. The Morgan fingerprint density at radius 3 is 2.06 bits per heavy atom. The second-order valence-corrected chi connectivity index (χ2v) is 4.28. The lowest BCUT2D eigenvalue weighted by atomic mass is 9.95. The zero-order chi connectivity index (χ0) is 12.2. The van der Waals surface area contributed by atoms with E-state index >= 15 is 0 Å². The van der Waals surface area contributed by atoms with Gasteiger partial charge in [-0.25, -0.2) is 0 Å². The second kappa shape index (κ2) is 4.89. The maximum Gasteiger partial charge on any atom is -0.0105 e. The van der Waals surface area contributed by atoms with Gasteiger partial charge >= 0.3 is 0 Å². The molecular weight excluding hydrogens is 216 g/mol. The molecule has 18 heavy (non-hydrogen) atoms. The Kier molecular flexibility index (Phi) is 2.93. The van der Waals surface area contributed by atoms with Crippen molar-refractivity contribution < 1.29 is 0 Å². The van der Waals surface area contributed by atoms with Gasteiger partial charge in [0, 0.05) is 0 Å². The van der Waals surface area contributed by atoms with Gasteiger partial charge in [0.1, 0.15) is 0 Å². The first-order valence-corrected chi connectivity index (χ1v) is 6.15. The quantitative estimate of drug-likeness (QED) is 0.605. The zero-order valence-electron chi connectivity index (χ0n) is 10.1. The maximum atomic E-state index is 2.18. The fraction of sp³-hybridized carbons (Fsp3) is 0. The second-order valence-electron chi connectivity index (χ2n) is 4.28. The minimum Gasteiger partial charge on any atom is -0.0622 e. The Morgan fingerprint density at radius 2 is 1.22 bits per heavy atom. The van der Waals surface area contributed by atoms with Crippen molar-refractivity contribution in [3.05, 3.63) is 95.6 Å². The molecule has 1 aromatic rings. The molecule has 3 rings (SSSR count). The van der Waals surface area contributed by atoms with E-state index in [2.05, 4.69) is 85.0 Å². The van der Waals surface area contributed by atoms with Crippen LogP contribution >= 0.6 is 0 Å². The summed E-state index contributed by atoms with van der Waals surface area (Å²) in [5.41, 5.74) is 5.07. The van der Waals surface area contributed by atoms with Gasteiger partial charge < -0.3 is 0 Å². The van der Waals surface area contributed by atoms with Crippen molar-refractivity contribution in [1.29, 1.82) is 0 Å². The highest BCUT2D eigenvalue weighted by Gasteiger charge is 2.08. The van der Waals surface area contributed by atoms with E-state index < -0.39 is 0 Å². The number of hydrogen-bond donors (Lipinski definition) is 0. The average molecular weight is 230 g/mol. The molecule has 0 nitrogen and oxygen atoms in total. The largest absolute Gasteiger partial charge is 0.0622 e. The lowest BCUT2D eigenvalue weighted by Crippen LogP contribution is -1.88. The topological polar surface area (TPSA) is 0 Å². The molecule has 1 aromatic carbocycles. The standard InChI is InChI=1S/C18H14/c1-2-4-10-15(9-3-1)17-13-7-5-11-16-12-6-8-14-18(16)17/h1-14H. The summed E-state index contributed by atoms with van der Waals surface area (Å²) < 4.78 is 0. The van der Waals surface area contributed by atoms with Gasteiger partial charge in [0.05, 0.1) is 0 Å². The Labute approximate surface area is 108 Å². The molecule has 0 unspecified atom stereocenters. The fourth-order valence-corrected chi connectivity index (χ4v) is 2.22. The van der Waals surface area contributed by atoms with Crippen LogP contribution in [0.2, 0.25) is 0 Å². The molecule has 0 aliphatic heterocycles. The van der Waals surface area contributed by atoms with Crippen molar-refractivity contribution in [3.63, 3.8) is 0 Å². The first-order chi connectivity index (χ1) is 8.95. The molecule has 0 bridgehead atoms. The summed E-state index contributed by atoms with van der Waals surface area (Å²) in [7, 11) is 0. The number of allylic oxidation sites excluding steroid dienone is 11. The van der Waals surface area contributed by atoms with Gasteiger partial charge in [-0.3, -0.25) is 0 Å². The predicted octanol–water partition coefficient (Wildman–Crippen LogP) is 4.71. The summed E-state index contributed by atoms with van der Waals surface area (Å²) in [6.45, 7) is 0. The van der Waals surface area contributed by atoms with Crippen molar-refractivity contribution >= 4 is 11.6 Å². The van der Waals surface area contributed by atoms with E-state index in [1.807, 2.05) is 0 Å². The molecule has 0 aromatic heterocycles. The van der Waals surface area contributed by atoms with Crippen molar-refractivity contribution in [2.24, 2.45) is 0 Å². The first kappa shape index (κ1) is 10.8. The minimum atomic E-state index is 1.24. The van der Waals surface area contributed by atoms with Crippen LogP contribution < -0.4 is 0 Å². The van der Waals surface area contributed by atoms with Crippen molar-refractivity contribution in [3.8, 4) is 0 Å². The van der Waals surface area contributed by atoms with Gasteiger partial charge in [0.25, 0.3) is 0 Å². The van der Waals surface area contributed by atoms with E-state index in [-0.39, 0.29) is 0 Å². The van der Waals surface area contributed by atoms with E-state index in [9.17, 15) is 0 Å². The van der Waals surface area contributed by atoms with Crippen molar-refractivity contribution in [1.82, 2.24) is 0 Å². The normalized spacial score (nSPS) is 16.7. The summed E-state index contributed by atoms with van der Waals surface area (Å²) >= 11 is 0. The van der Waals surface area contributed by atoms with Crippen LogP contribution in [0.15, 0.2) is 84.5 Å². The van der Waals surface area contributed by atoms with Crippen LogP contribution in [-0.4, -0.2) is 0 Å². The number of hydrogen-bond acceptors (Lipinski definition) is 0. The van der Waals surface area contributed by atoms with Gasteiger partial charge in [0.15, 0.2) is 0 Å². The molecule has 0 fully saturated rings. The van der Waals surface area contributed by atoms with Crippen LogP contribution in [0, 0.1) is 0 Å². The van der Waals surface area contributed by atoms with E-state index in [1.54, 1.807) is 0 Å². The molecule has 0 heterocycles. The number of fused-ring (bicyclic) bond motifs is 1. The molecule has 0 spiro atoms. The van der Waals surface area contributed by atoms with Gasteiger partial charge in [-0.1, -0.05) is 85.0 Å². The summed E-state index contributed by atoms with van der Waals surface area (Å²) in [6.07, 6.45) is 21.1. The van der Waals surface area contributed by atoms with Crippen LogP contribution in [0.25, 0.3) is 11.6 Å². The summed E-state index contributed by atoms with van der Waals surface area (Å²) in [4.78, 5) is 0. The third-order valence-corrected chi connectivity index (χ3v) is 3.10. The lowest BCUT2D eigenvalue weighted by Gasteiger charge is -2.08. The summed E-state index contributed by atoms with van der Waals surface area (Å²) in [6, 6.07) is 8.51. The summed E-state index contributed by atoms with van der Waals surface area (Å²) in [5.74, 6) is 0. The first-order valence-electron chi connectivity index (χ1n) is 6.15. The highest BCUT2D eigenvalue weighted by atomic mass is 14.1. The van der Waals surface area contributed by atoms with Crippen LogP contribution in [0.1, 0.15) is 11.1 Å². The Hall–Kier alpha value is -2.34. The van der Waals surface area contributed by atoms with Crippen LogP contribution in [0.3, 0.4) is 0 Å². The monoisotopic (exact) mass is 230 g/mol. The molecule has 0 saturated heterocycles. The van der Waals surface area contributed by atoms with Crippen LogP contribution in [0.4, 0.5) is 0 Å². The molecule has 0 amide bonds. The SMILES string of the molecule is C1=CC=CC(=C2C=CC=Cc3ccccc32)C=C1. The number of benzene rings is 1. The molecular formula is C18H14. The third-order valence-electron chi connectivity index (χ3n) is 3.10. The molecule has 86 valence electrons. The van der Waals surface area contributed by atoms with E-state index in [1.165, 1.54) is 22.3 Å². The Bertz CT molecular complexity index is 614. The molecule has 0 heteroatoms. The number of rotatable bonds is 0. The van der Waals surface area contributed by atoms with Crippen molar-refractivity contribution in [2.75, 3.05) is 0 Å². The van der Waals surface area contributed by atoms with E-state index in [0.717, 1.165) is 0 Å². The van der Waals surface area contributed by atoms with E-state index in [0.29, 0.717) is 0 Å². The van der Waals surface area contributed by atoms with Crippen LogP contribution in [0.5, 0.6) is 0 Å². The van der Waals surface area contributed by atoms with Gasteiger partial charge in [-0.2, -0.15) is 0 Å². The lowest BCUT2D eigenvalue weighted by molar-refractivity contribution is 1.56. The Balaban J connectivity index is 2.22. The zero-order valence-corrected chi connectivity index (χ0v) is 10.1. The summed E-state index contributed by atoms with van der Waals surface area (Å²) in [5, 5.41) is 0. The highest BCUT2D eigenvalue weighted by molar-refractivity contribution is 5.86. The predicted molar refractivity (Wildman–Crippen MR) is 79.0 cm³/mol. The Morgan fingerprint density at radius 1 is 0.556 bits per heavy atom. The molecule has 0 saturated carbocycles. The third kappa shape index (κ3) is 2.05. The van der Waals surface area contributed by atoms with Crippen LogP contribution in [-0.2, 0) is 0 Å². The minimum absolute atomic E-state index is 1.24. The molecule has 0 N–H and O–H groups in total. The molecule has 2 aliphatic carbocycles. The van der Waals surface area contributed by atoms with Gasteiger partial charge in [0.2, 0.25) is 0 Å². The molecule has 2 aliphatic rings. The molecule has 0 radical (unpaired) electrons. The molecule has 0 atom stereocenters. The van der Waals surface area contributed by atoms with E-state index in [4.69, 9.17) is 0 Å². The van der Waals surface area contributed by atoms with Gasteiger partial charge in [-0.05, 0) is 22.3 Å². The maximum absolute atomic E-state index is 2.18. The average Bonchev–Trinajstić information content (AvgIpc) is 2.79. The highest BCUT2D eigenvalue weighted by Crippen LogP contribution is 2.28. The van der Waals surface area contributed by atoms with Gasteiger partial charge in [-0.15, -0.1) is 0 Å².